The summed E-state index contributed by atoms with van der Waals surface area (Å²) in [5.41, 5.74) is 2.49. The minimum absolute atomic E-state index is 0.124. The molecule has 24 heavy (non-hydrogen) atoms. The second kappa shape index (κ2) is 6.22. The summed E-state index contributed by atoms with van der Waals surface area (Å²) in [5, 5.41) is 12.9. The Hall–Kier alpha value is -2.44. The quantitative estimate of drug-likeness (QED) is 0.844. The fraction of sp³-hybridized carbons (Fsp3) is 0.529. The third kappa shape index (κ3) is 2.74. The summed E-state index contributed by atoms with van der Waals surface area (Å²) in [6.45, 7) is 4.91. The highest BCUT2D eigenvalue weighted by Crippen LogP contribution is 2.23. The van der Waals surface area contributed by atoms with Crippen molar-refractivity contribution in [1.82, 2.24) is 24.9 Å². The Labute approximate surface area is 141 Å². The molecule has 7 nitrogen and oxygen atoms in total. The summed E-state index contributed by atoms with van der Waals surface area (Å²) in [5.74, 6) is 1.07. The van der Waals surface area contributed by atoms with Crippen molar-refractivity contribution in [3.63, 3.8) is 0 Å². The normalized spacial score (nSPS) is 18.5. The first kappa shape index (κ1) is 15.1. The first-order valence-electron chi connectivity index (χ1n) is 8.61. The number of nitrogens with zero attached hydrogens (tertiary/aromatic N) is 6. The van der Waals surface area contributed by atoms with Crippen LogP contribution in [0.3, 0.4) is 0 Å². The average molecular weight is 326 g/mol. The van der Waals surface area contributed by atoms with E-state index in [1.165, 1.54) is 12.0 Å². The van der Waals surface area contributed by atoms with Crippen LogP contribution in [0.5, 0.6) is 0 Å². The van der Waals surface area contributed by atoms with E-state index in [0.29, 0.717) is 13.1 Å². The van der Waals surface area contributed by atoms with E-state index in [0.717, 1.165) is 37.4 Å². The minimum Gasteiger partial charge on any atom is -0.352 e. The van der Waals surface area contributed by atoms with E-state index < -0.39 is 0 Å². The number of piperazine rings is 1. The van der Waals surface area contributed by atoms with Gasteiger partial charge in [-0.05, 0) is 43.9 Å². The highest BCUT2D eigenvalue weighted by molar-refractivity contribution is 5.80. The monoisotopic (exact) mass is 326 g/mol. The van der Waals surface area contributed by atoms with Crippen LogP contribution in [0.15, 0.2) is 24.5 Å². The Morgan fingerprint density at radius 3 is 2.75 bits per heavy atom. The van der Waals surface area contributed by atoms with E-state index in [-0.39, 0.29) is 11.9 Å². The summed E-state index contributed by atoms with van der Waals surface area (Å²) in [4.78, 5) is 16.8. The molecule has 1 atom stereocenters. The number of rotatable bonds is 3. The van der Waals surface area contributed by atoms with Crippen LogP contribution < -0.4 is 4.90 Å². The molecule has 2 aliphatic rings. The maximum atomic E-state index is 12.6. The van der Waals surface area contributed by atoms with Crippen LogP contribution in [0.2, 0.25) is 0 Å². The number of fused-ring (bicyclic) bond motifs is 1. The molecule has 0 radical (unpaired) electrons. The van der Waals surface area contributed by atoms with E-state index in [1.807, 2.05) is 24.1 Å². The molecule has 0 N–H and O–H groups in total. The number of carbonyl (C=O) groups excluding carboxylic acids is 1. The zero-order chi connectivity index (χ0) is 16.5. The van der Waals surface area contributed by atoms with E-state index in [2.05, 4.69) is 26.3 Å². The summed E-state index contributed by atoms with van der Waals surface area (Å²) in [6, 6.07) is 3.76. The van der Waals surface area contributed by atoms with Crippen molar-refractivity contribution in [3.05, 3.63) is 35.8 Å². The number of aromatic nitrogens is 4. The summed E-state index contributed by atoms with van der Waals surface area (Å²) >= 11 is 0. The van der Waals surface area contributed by atoms with Crippen LogP contribution in [-0.2, 0) is 17.6 Å². The van der Waals surface area contributed by atoms with Crippen molar-refractivity contribution in [1.29, 1.82) is 0 Å². The van der Waals surface area contributed by atoms with Crippen molar-refractivity contribution in [3.8, 4) is 0 Å². The number of hydrogen-bond acceptors (Lipinski definition) is 5. The van der Waals surface area contributed by atoms with Crippen LogP contribution >= 0.6 is 0 Å². The zero-order valence-electron chi connectivity index (χ0n) is 13.9. The van der Waals surface area contributed by atoms with Crippen molar-refractivity contribution in [2.24, 2.45) is 0 Å². The lowest BCUT2D eigenvalue weighted by Crippen LogP contribution is -2.50. The fourth-order valence-electron chi connectivity index (χ4n) is 3.51. The van der Waals surface area contributed by atoms with Crippen molar-refractivity contribution < 1.29 is 4.79 Å². The zero-order valence-corrected chi connectivity index (χ0v) is 13.9. The molecule has 7 heteroatoms. The van der Waals surface area contributed by atoms with Gasteiger partial charge in [-0.3, -0.25) is 9.48 Å². The van der Waals surface area contributed by atoms with Crippen molar-refractivity contribution in [2.45, 2.75) is 32.2 Å². The van der Waals surface area contributed by atoms with Crippen molar-refractivity contribution >= 4 is 11.7 Å². The molecule has 3 heterocycles. The van der Waals surface area contributed by atoms with Gasteiger partial charge in [-0.25, -0.2) is 0 Å². The van der Waals surface area contributed by atoms with Gasteiger partial charge in [0.2, 0.25) is 5.91 Å². The van der Waals surface area contributed by atoms with Crippen LogP contribution in [-0.4, -0.2) is 57.0 Å². The van der Waals surface area contributed by atoms with Gasteiger partial charge in [-0.2, -0.15) is 10.2 Å². The molecular formula is C17H22N6O. The third-order valence-corrected chi connectivity index (χ3v) is 5.00. The molecule has 1 unspecified atom stereocenters. The van der Waals surface area contributed by atoms with Gasteiger partial charge in [-0.1, -0.05) is 0 Å². The standard InChI is InChI=1S/C17H22N6O/c1-13(23-7-3-6-18-23)17(24)22-10-8-21(9-11-22)16-12-14-4-2-5-15(14)19-20-16/h3,6-7,12-13H,2,4-5,8-11H2,1H3. The predicted octanol–water partition coefficient (Wildman–Crippen LogP) is 1.07. The molecular weight excluding hydrogens is 304 g/mol. The largest absolute Gasteiger partial charge is 0.352 e. The lowest BCUT2D eigenvalue weighted by molar-refractivity contribution is -0.134. The average Bonchev–Trinajstić information content (AvgIpc) is 3.31. The molecule has 2 aromatic heterocycles. The summed E-state index contributed by atoms with van der Waals surface area (Å²) in [6.07, 6.45) is 6.88. The van der Waals surface area contributed by atoms with Crippen molar-refractivity contribution in [2.75, 3.05) is 31.1 Å². The van der Waals surface area contributed by atoms with E-state index >= 15 is 0 Å². The van der Waals surface area contributed by atoms with Gasteiger partial charge in [0, 0.05) is 38.6 Å². The molecule has 0 spiro atoms. The molecule has 0 bridgehead atoms. The lowest BCUT2D eigenvalue weighted by Gasteiger charge is -2.36. The summed E-state index contributed by atoms with van der Waals surface area (Å²) in [7, 11) is 0. The predicted molar refractivity (Wildman–Crippen MR) is 89.8 cm³/mol. The van der Waals surface area contributed by atoms with Gasteiger partial charge >= 0.3 is 0 Å². The second-order valence-electron chi connectivity index (χ2n) is 6.50. The lowest BCUT2D eigenvalue weighted by atomic mass is 10.2. The topological polar surface area (TPSA) is 67.2 Å². The van der Waals surface area contributed by atoms with E-state index in [9.17, 15) is 4.79 Å². The molecule has 126 valence electrons. The Morgan fingerprint density at radius 2 is 2.00 bits per heavy atom. The molecule has 2 aromatic rings. The summed E-state index contributed by atoms with van der Waals surface area (Å²) < 4.78 is 1.71. The number of carbonyl (C=O) groups is 1. The highest BCUT2D eigenvalue weighted by atomic mass is 16.2. The SMILES string of the molecule is CC(C(=O)N1CCN(c2cc3c(nn2)CCC3)CC1)n1cccn1. The number of anilines is 1. The Bertz CT molecular complexity index is 721. The molecule has 1 aliphatic heterocycles. The van der Waals surface area contributed by atoms with Crippen LogP contribution in [0.4, 0.5) is 5.82 Å². The first-order chi connectivity index (χ1) is 11.7. The molecule has 1 aliphatic carbocycles. The molecule has 1 saturated heterocycles. The number of aryl methyl sites for hydroxylation is 2. The maximum Gasteiger partial charge on any atom is 0.247 e. The van der Waals surface area contributed by atoms with Crippen LogP contribution in [0.1, 0.15) is 30.6 Å². The Kier molecular flexibility index (Phi) is 3.92. The molecule has 1 amide bonds. The number of hydrogen-bond donors (Lipinski definition) is 0. The van der Waals surface area contributed by atoms with E-state index in [4.69, 9.17) is 0 Å². The number of amides is 1. The van der Waals surface area contributed by atoms with E-state index in [1.54, 1.807) is 10.9 Å². The van der Waals surface area contributed by atoms with Crippen LogP contribution in [0.25, 0.3) is 0 Å². The maximum absolute atomic E-state index is 12.6. The second-order valence-corrected chi connectivity index (χ2v) is 6.50. The van der Waals surface area contributed by atoms with Gasteiger partial charge in [0.25, 0.3) is 0 Å². The van der Waals surface area contributed by atoms with Gasteiger partial charge in [0.15, 0.2) is 5.82 Å². The minimum atomic E-state index is -0.258. The Morgan fingerprint density at radius 1 is 1.17 bits per heavy atom. The third-order valence-electron chi connectivity index (χ3n) is 5.00. The smallest absolute Gasteiger partial charge is 0.247 e. The molecule has 4 rings (SSSR count). The first-order valence-corrected chi connectivity index (χ1v) is 8.61. The highest BCUT2D eigenvalue weighted by Gasteiger charge is 2.27. The van der Waals surface area contributed by atoms with Crippen LogP contribution in [0, 0.1) is 0 Å². The Balaban J connectivity index is 1.39. The van der Waals surface area contributed by atoms with Gasteiger partial charge < -0.3 is 9.80 Å². The van der Waals surface area contributed by atoms with Gasteiger partial charge in [-0.15, -0.1) is 5.10 Å². The molecule has 1 fully saturated rings. The van der Waals surface area contributed by atoms with Gasteiger partial charge in [0.05, 0.1) is 5.69 Å². The fourth-order valence-corrected chi connectivity index (χ4v) is 3.51. The molecule has 0 aromatic carbocycles. The molecule has 0 saturated carbocycles. The van der Waals surface area contributed by atoms with Gasteiger partial charge in [0.1, 0.15) is 6.04 Å².